The lowest BCUT2D eigenvalue weighted by Gasteiger charge is -2.06. The van der Waals surface area contributed by atoms with E-state index < -0.39 is 0 Å². The number of benzene rings is 1. The highest BCUT2D eigenvalue weighted by molar-refractivity contribution is 5.80. The molecule has 0 amide bonds. The van der Waals surface area contributed by atoms with Gasteiger partial charge in [-0.15, -0.1) is 0 Å². The molecule has 0 saturated heterocycles. The molecule has 0 atom stereocenters. The van der Waals surface area contributed by atoms with Crippen molar-refractivity contribution in [2.24, 2.45) is 0 Å². The van der Waals surface area contributed by atoms with Gasteiger partial charge in [-0.2, -0.15) is 4.98 Å². The Morgan fingerprint density at radius 1 is 1.26 bits per heavy atom. The summed E-state index contributed by atoms with van der Waals surface area (Å²) in [5.41, 5.74) is 1.30. The summed E-state index contributed by atoms with van der Waals surface area (Å²) in [7, 11) is 0. The van der Waals surface area contributed by atoms with Crippen molar-refractivity contribution < 1.29 is 9.15 Å². The quantitative estimate of drug-likeness (QED) is 0.748. The van der Waals surface area contributed by atoms with Crippen LogP contribution in [0.3, 0.4) is 0 Å². The van der Waals surface area contributed by atoms with E-state index >= 15 is 0 Å². The lowest BCUT2D eigenvalue weighted by molar-refractivity contribution is 0.229. The Morgan fingerprint density at radius 3 is 2.84 bits per heavy atom. The standard InChI is InChI=1S/C15H19NO3/c1-3-5-6-8-11-9-7-10-12-13(11)14(17)19-15(16-12)18-4-2/h7,9-10H,3-6,8H2,1-2H3. The molecule has 0 radical (unpaired) electrons. The Morgan fingerprint density at radius 2 is 2.11 bits per heavy atom. The van der Waals surface area contributed by atoms with Gasteiger partial charge in [0, 0.05) is 0 Å². The summed E-state index contributed by atoms with van der Waals surface area (Å²) >= 11 is 0. The van der Waals surface area contributed by atoms with Crippen molar-refractivity contribution in [2.45, 2.75) is 39.5 Å². The summed E-state index contributed by atoms with van der Waals surface area (Å²) in [5.74, 6) is 0. The van der Waals surface area contributed by atoms with Crippen LogP contribution in [0.25, 0.3) is 10.9 Å². The van der Waals surface area contributed by atoms with Gasteiger partial charge < -0.3 is 9.15 Å². The third-order valence-corrected chi connectivity index (χ3v) is 3.04. The molecule has 1 heterocycles. The van der Waals surface area contributed by atoms with Crippen LogP contribution in [0.1, 0.15) is 38.7 Å². The molecule has 0 unspecified atom stereocenters. The van der Waals surface area contributed by atoms with E-state index in [0.29, 0.717) is 17.5 Å². The lowest BCUT2D eigenvalue weighted by Crippen LogP contribution is -2.07. The van der Waals surface area contributed by atoms with Gasteiger partial charge in [-0.25, -0.2) is 4.79 Å². The number of nitrogens with zero attached hydrogens (tertiary/aromatic N) is 1. The Hall–Kier alpha value is -1.84. The maximum Gasteiger partial charge on any atom is 0.397 e. The van der Waals surface area contributed by atoms with Gasteiger partial charge in [-0.05, 0) is 31.4 Å². The monoisotopic (exact) mass is 261 g/mol. The Balaban J connectivity index is 2.41. The molecule has 0 fully saturated rings. The fourth-order valence-corrected chi connectivity index (χ4v) is 2.13. The highest BCUT2D eigenvalue weighted by Gasteiger charge is 2.10. The van der Waals surface area contributed by atoms with Crippen LogP contribution in [-0.2, 0) is 6.42 Å². The molecule has 1 aromatic heterocycles. The highest BCUT2D eigenvalue weighted by Crippen LogP contribution is 2.18. The van der Waals surface area contributed by atoms with Gasteiger partial charge in [0.15, 0.2) is 0 Å². The first-order valence-corrected chi connectivity index (χ1v) is 6.81. The van der Waals surface area contributed by atoms with E-state index in [2.05, 4.69) is 11.9 Å². The molecule has 0 N–H and O–H groups in total. The second-order valence-electron chi connectivity index (χ2n) is 4.47. The first kappa shape index (κ1) is 13.6. The van der Waals surface area contributed by atoms with E-state index in [1.54, 1.807) is 0 Å². The number of aromatic nitrogens is 1. The van der Waals surface area contributed by atoms with E-state index in [1.165, 1.54) is 0 Å². The largest absolute Gasteiger partial charge is 0.450 e. The smallest absolute Gasteiger partial charge is 0.397 e. The number of hydrogen-bond acceptors (Lipinski definition) is 4. The minimum Gasteiger partial charge on any atom is -0.450 e. The normalized spacial score (nSPS) is 10.8. The molecule has 19 heavy (non-hydrogen) atoms. The zero-order valence-corrected chi connectivity index (χ0v) is 11.4. The molecule has 0 aliphatic carbocycles. The Kier molecular flexibility index (Phi) is 4.55. The molecule has 1 aromatic carbocycles. The fraction of sp³-hybridized carbons (Fsp3) is 0.467. The first-order chi connectivity index (χ1) is 9.26. The summed E-state index contributed by atoms with van der Waals surface area (Å²) in [4.78, 5) is 16.3. The van der Waals surface area contributed by atoms with Crippen molar-refractivity contribution in [2.75, 3.05) is 6.61 Å². The van der Waals surface area contributed by atoms with Crippen LogP contribution in [0.2, 0.25) is 0 Å². The molecule has 0 saturated carbocycles. The van der Waals surface area contributed by atoms with Crippen molar-refractivity contribution in [3.8, 4) is 6.08 Å². The van der Waals surface area contributed by atoms with E-state index in [-0.39, 0.29) is 11.7 Å². The SMILES string of the molecule is CCCCCc1cccc2nc(OCC)oc(=O)c12. The Bertz CT molecular complexity index is 604. The maximum atomic E-state index is 12.0. The third-order valence-electron chi connectivity index (χ3n) is 3.04. The molecule has 102 valence electrons. The van der Waals surface area contributed by atoms with Crippen molar-refractivity contribution in [1.29, 1.82) is 0 Å². The average Bonchev–Trinajstić information content (AvgIpc) is 2.39. The predicted octanol–water partition coefficient (Wildman–Crippen LogP) is 3.32. The summed E-state index contributed by atoms with van der Waals surface area (Å²) in [6, 6.07) is 5.71. The topological polar surface area (TPSA) is 52.3 Å². The van der Waals surface area contributed by atoms with Gasteiger partial charge in [0.05, 0.1) is 17.5 Å². The van der Waals surface area contributed by atoms with Crippen molar-refractivity contribution in [3.63, 3.8) is 0 Å². The van der Waals surface area contributed by atoms with E-state index in [1.807, 2.05) is 25.1 Å². The zero-order valence-electron chi connectivity index (χ0n) is 11.4. The highest BCUT2D eigenvalue weighted by atomic mass is 16.6. The predicted molar refractivity (Wildman–Crippen MR) is 74.7 cm³/mol. The molecule has 0 bridgehead atoms. The molecule has 4 nitrogen and oxygen atoms in total. The number of rotatable bonds is 6. The molecule has 0 spiro atoms. The van der Waals surface area contributed by atoms with Crippen LogP contribution in [0.15, 0.2) is 27.4 Å². The number of ether oxygens (including phenoxy) is 1. The van der Waals surface area contributed by atoms with Crippen molar-refractivity contribution >= 4 is 10.9 Å². The molecule has 0 aliphatic heterocycles. The van der Waals surface area contributed by atoms with Gasteiger partial charge in [-0.1, -0.05) is 31.9 Å². The second-order valence-corrected chi connectivity index (χ2v) is 4.47. The number of fused-ring (bicyclic) bond motifs is 1. The Labute approximate surface area is 112 Å². The minimum atomic E-state index is -0.361. The van der Waals surface area contributed by atoms with E-state index in [0.717, 1.165) is 31.2 Å². The van der Waals surface area contributed by atoms with Gasteiger partial charge in [0.25, 0.3) is 0 Å². The maximum absolute atomic E-state index is 12.0. The van der Waals surface area contributed by atoms with Crippen LogP contribution in [0.4, 0.5) is 0 Å². The van der Waals surface area contributed by atoms with Crippen LogP contribution < -0.4 is 10.4 Å². The van der Waals surface area contributed by atoms with E-state index in [9.17, 15) is 4.79 Å². The van der Waals surface area contributed by atoms with Gasteiger partial charge in [0.1, 0.15) is 0 Å². The minimum absolute atomic E-state index is 0.0470. The van der Waals surface area contributed by atoms with Crippen molar-refractivity contribution in [1.82, 2.24) is 4.98 Å². The van der Waals surface area contributed by atoms with Gasteiger partial charge in [-0.3, -0.25) is 0 Å². The zero-order chi connectivity index (χ0) is 13.7. The van der Waals surface area contributed by atoms with Gasteiger partial charge in [0.2, 0.25) is 0 Å². The van der Waals surface area contributed by atoms with E-state index in [4.69, 9.17) is 9.15 Å². The number of unbranched alkanes of at least 4 members (excludes halogenated alkanes) is 2. The summed E-state index contributed by atoms with van der Waals surface area (Å²) in [6.45, 7) is 4.41. The van der Waals surface area contributed by atoms with Crippen LogP contribution >= 0.6 is 0 Å². The summed E-state index contributed by atoms with van der Waals surface area (Å²) < 4.78 is 10.2. The molecule has 0 aliphatic rings. The fourth-order valence-electron chi connectivity index (χ4n) is 2.13. The summed E-state index contributed by atoms with van der Waals surface area (Å²) in [6.07, 6.45) is 4.32. The molecule has 2 aromatic rings. The second kappa shape index (κ2) is 6.36. The van der Waals surface area contributed by atoms with Crippen LogP contribution in [0.5, 0.6) is 6.08 Å². The van der Waals surface area contributed by atoms with Gasteiger partial charge >= 0.3 is 11.7 Å². The number of aryl methyl sites for hydroxylation is 1. The first-order valence-electron chi connectivity index (χ1n) is 6.81. The van der Waals surface area contributed by atoms with Crippen LogP contribution in [0, 0.1) is 0 Å². The van der Waals surface area contributed by atoms with Crippen LogP contribution in [-0.4, -0.2) is 11.6 Å². The molecular weight excluding hydrogens is 242 g/mol. The van der Waals surface area contributed by atoms with Crippen molar-refractivity contribution in [3.05, 3.63) is 34.2 Å². The third kappa shape index (κ3) is 3.13. The lowest BCUT2D eigenvalue weighted by atomic mass is 10.0. The number of hydrogen-bond donors (Lipinski definition) is 0. The average molecular weight is 261 g/mol. The molecular formula is C15H19NO3. The summed E-state index contributed by atoms with van der Waals surface area (Å²) in [5, 5.41) is 0.585. The molecule has 4 heteroatoms. The molecule has 2 rings (SSSR count).